The van der Waals surface area contributed by atoms with E-state index < -0.39 is 0 Å². The van der Waals surface area contributed by atoms with E-state index in [9.17, 15) is 4.79 Å². The van der Waals surface area contributed by atoms with Crippen molar-refractivity contribution in [3.8, 4) is 0 Å². The highest BCUT2D eigenvalue weighted by Gasteiger charge is 2.12. The highest BCUT2D eigenvalue weighted by atomic mass is 79.9. The summed E-state index contributed by atoms with van der Waals surface area (Å²) in [6, 6.07) is 8.24. The molecule has 92 valence electrons. The van der Waals surface area contributed by atoms with Crippen molar-refractivity contribution in [1.82, 2.24) is 4.98 Å². The number of rotatable bonds is 2. The lowest BCUT2D eigenvalue weighted by Crippen LogP contribution is -2.13. The molecule has 1 amide bonds. The van der Waals surface area contributed by atoms with Crippen LogP contribution in [0.1, 0.15) is 10.4 Å². The van der Waals surface area contributed by atoms with Gasteiger partial charge in [0, 0.05) is 11.2 Å². The first kappa shape index (κ1) is 13.3. The van der Waals surface area contributed by atoms with Crippen LogP contribution in [0.3, 0.4) is 0 Å². The number of hydrogen-bond donors (Lipinski definition) is 1. The zero-order valence-electron chi connectivity index (χ0n) is 8.95. The summed E-state index contributed by atoms with van der Waals surface area (Å²) in [5.41, 5.74) is 0.346. The van der Waals surface area contributed by atoms with Gasteiger partial charge in [-0.3, -0.25) is 4.79 Å². The largest absolute Gasteiger partial charge is 0.306 e. The van der Waals surface area contributed by atoms with Gasteiger partial charge in [-0.2, -0.15) is 0 Å². The number of carbonyl (C=O) groups is 1. The summed E-state index contributed by atoms with van der Waals surface area (Å²) < 4.78 is 0.698. The van der Waals surface area contributed by atoms with E-state index in [1.54, 1.807) is 30.5 Å². The van der Waals surface area contributed by atoms with Crippen molar-refractivity contribution in [3.63, 3.8) is 0 Å². The topological polar surface area (TPSA) is 42.0 Å². The maximum Gasteiger partial charge on any atom is 0.258 e. The van der Waals surface area contributed by atoms with E-state index in [0.29, 0.717) is 25.9 Å². The minimum atomic E-state index is -0.337. The first-order chi connectivity index (χ1) is 8.58. The summed E-state index contributed by atoms with van der Waals surface area (Å²) in [6.07, 6.45) is 1.59. The Labute approximate surface area is 122 Å². The fraction of sp³-hybridized carbons (Fsp3) is 0. The van der Waals surface area contributed by atoms with Gasteiger partial charge in [-0.05, 0) is 46.3 Å². The molecule has 0 aliphatic carbocycles. The number of nitrogens with zero attached hydrogens (tertiary/aromatic N) is 1. The molecule has 0 spiro atoms. The molecule has 0 bridgehead atoms. The van der Waals surface area contributed by atoms with Gasteiger partial charge in [-0.15, -0.1) is 0 Å². The second-order valence-corrected chi connectivity index (χ2v) is 5.11. The minimum Gasteiger partial charge on any atom is -0.306 e. The first-order valence-corrected chi connectivity index (χ1v) is 6.50. The van der Waals surface area contributed by atoms with Crippen LogP contribution in [0.25, 0.3) is 0 Å². The van der Waals surface area contributed by atoms with Crippen molar-refractivity contribution in [2.75, 3.05) is 5.32 Å². The zero-order chi connectivity index (χ0) is 13.1. The predicted molar refractivity (Wildman–Crippen MR) is 76.4 cm³/mol. The monoisotopic (exact) mass is 344 g/mol. The summed E-state index contributed by atoms with van der Waals surface area (Å²) in [7, 11) is 0. The van der Waals surface area contributed by atoms with Gasteiger partial charge in [0.1, 0.15) is 5.82 Å². The molecule has 6 heteroatoms. The van der Waals surface area contributed by atoms with Gasteiger partial charge in [0.2, 0.25) is 0 Å². The molecule has 1 aromatic heterocycles. The van der Waals surface area contributed by atoms with E-state index in [-0.39, 0.29) is 5.91 Å². The van der Waals surface area contributed by atoms with Crippen LogP contribution in [0.5, 0.6) is 0 Å². The maximum atomic E-state index is 12.0. The third kappa shape index (κ3) is 3.02. The van der Waals surface area contributed by atoms with Crippen molar-refractivity contribution >= 4 is 50.9 Å². The van der Waals surface area contributed by atoms with Crippen LogP contribution in [-0.4, -0.2) is 10.9 Å². The van der Waals surface area contributed by atoms with Gasteiger partial charge in [0.25, 0.3) is 5.91 Å². The average Bonchev–Trinajstić information content (AvgIpc) is 2.32. The molecule has 0 aliphatic rings. The summed E-state index contributed by atoms with van der Waals surface area (Å²) in [5, 5.41) is 3.44. The van der Waals surface area contributed by atoms with Crippen molar-refractivity contribution in [1.29, 1.82) is 0 Å². The number of pyridine rings is 1. The molecule has 2 rings (SSSR count). The molecule has 2 aromatic rings. The van der Waals surface area contributed by atoms with Crippen LogP contribution in [-0.2, 0) is 0 Å². The summed E-state index contributed by atoms with van der Waals surface area (Å²) >= 11 is 15.0. The Bertz CT molecular complexity index is 604. The van der Waals surface area contributed by atoms with Crippen LogP contribution in [0, 0.1) is 0 Å². The van der Waals surface area contributed by atoms with Crippen molar-refractivity contribution < 1.29 is 4.79 Å². The molecule has 18 heavy (non-hydrogen) atoms. The summed E-state index contributed by atoms with van der Waals surface area (Å²) in [6.45, 7) is 0. The minimum absolute atomic E-state index is 0.298. The van der Waals surface area contributed by atoms with Crippen molar-refractivity contribution in [3.05, 3.63) is 56.6 Å². The van der Waals surface area contributed by atoms with Crippen LogP contribution < -0.4 is 5.32 Å². The van der Waals surface area contributed by atoms with Gasteiger partial charge in [-0.25, -0.2) is 4.98 Å². The normalized spacial score (nSPS) is 10.2. The maximum absolute atomic E-state index is 12.0. The van der Waals surface area contributed by atoms with E-state index in [0.717, 1.165) is 0 Å². The highest BCUT2D eigenvalue weighted by molar-refractivity contribution is 9.10. The second-order valence-electron chi connectivity index (χ2n) is 3.41. The molecule has 1 heterocycles. The Balaban J connectivity index is 2.25. The van der Waals surface area contributed by atoms with E-state index in [4.69, 9.17) is 23.2 Å². The number of anilines is 1. The Hall–Kier alpha value is -1.10. The number of hydrogen-bond acceptors (Lipinski definition) is 2. The fourth-order valence-electron chi connectivity index (χ4n) is 1.33. The second kappa shape index (κ2) is 5.69. The Morgan fingerprint density at radius 3 is 2.72 bits per heavy atom. The molecule has 1 N–H and O–H groups in total. The average molecular weight is 346 g/mol. The fourth-order valence-corrected chi connectivity index (χ4v) is 2.17. The number of amides is 1. The standard InChI is InChI=1S/C12H7BrCl2N2O/c13-9-2-1-5-16-11(9)17-12(18)8-4-3-7(14)6-10(8)15/h1-6H,(H,16,17,18). The van der Waals surface area contributed by atoms with Crippen molar-refractivity contribution in [2.24, 2.45) is 0 Å². The molecule has 0 radical (unpaired) electrons. The van der Waals surface area contributed by atoms with Crippen LogP contribution in [0.2, 0.25) is 10.0 Å². The van der Waals surface area contributed by atoms with Crippen LogP contribution >= 0.6 is 39.1 Å². The SMILES string of the molecule is O=C(Nc1ncccc1Br)c1ccc(Cl)cc1Cl. The highest BCUT2D eigenvalue weighted by Crippen LogP contribution is 2.23. The predicted octanol–water partition coefficient (Wildman–Crippen LogP) is 4.40. The number of nitrogens with one attached hydrogen (secondary N) is 1. The molecule has 0 saturated carbocycles. The van der Waals surface area contributed by atoms with Crippen LogP contribution in [0.15, 0.2) is 41.0 Å². The van der Waals surface area contributed by atoms with Gasteiger partial charge >= 0.3 is 0 Å². The molecule has 0 fully saturated rings. The Morgan fingerprint density at radius 1 is 1.28 bits per heavy atom. The van der Waals surface area contributed by atoms with E-state index in [2.05, 4.69) is 26.2 Å². The van der Waals surface area contributed by atoms with Crippen molar-refractivity contribution in [2.45, 2.75) is 0 Å². The van der Waals surface area contributed by atoms with Gasteiger partial charge in [0.05, 0.1) is 15.1 Å². The number of halogens is 3. The third-order valence-electron chi connectivity index (χ3n) is 2.17. The number of carbonyl (C=O) groups excluding carboxylic acids is 1. The van der Waals surface area contributed by atoms with Gasteiger partial charge in [-0.1, -0.05) is 23.2 Å². The number of aromatic nitrogens is 1. The van der Waals surface area contributed by atoms with E-state index in [1.807, 2.05) is 0 Å². The third-order valence-corrected chi connectivity index (χ3v) is 3.35. The Kier molecular flexibility index (Phi) is 4.22. The molecular weight excluding hydrogens is 339 g/mol. The quantitative estimate of drug-likeness (QED) is 0.876. The lowest BCUT2D eigenvalue weighted by molar-refractivity contribution is 0.102. The summed E-state index contributed by atoms with van der Waals surface area (Å²) in [5.74, 6) is 0.101. The molecule has 0 saturated heterocycles. The van der Waals surface area contributed by atoms with Crippen LogP contribution in [0.4, 0.5) is 5.82 Å². The van der Waals surface area contributed by atoms with Gasteiger partial charge in [0.15, 0.2) is 0 Å². The molecular formula is C12H7BrCl2N2O. The number of benzene rings is 1. The first-order valence-electron chi connectivity index (χ1n) is 4.95. The lowest BCUT2D eigenvalue weighted by atomic mass is 10.2. The molecule has 0 atom stereocenters. The molecule has 3 nitrogen and oxygen atoms in total. The van der Waals surface area contributed by atoms with E-state index >= 15 is 0 Å². The Morgan fingerprint density at radius 2 is 2.06 bits per heavy atom. The van der Waals surface area contributed by atoms with Gasteiger partial charge < -0.3 is 5.32 Å². The molecule has 1 aromatic carbocycles. The lowest BCUT2D eigenvalue weighted by Gasteiger charge is -2.07. The molecule has 0 unspecified atom stereocenters. The van der Waals surface area contributed by atoms with E-state index in [1.165, 1.54) is 6.07 Å². The smallest absolute Gasteiger partial charge is 0.258 e. The molecule has 0 aliphatic heterocycles. The zero-order valence-corrected chi connectivity index (χ0v) is 12.1. The summed E-state index contributed by atoms with van der Waals surface area (Å²) in [4.78, 5) is 16.0.